The molecule has 9 nitrogen and oxygen atoms in total. The number of unbranched alkanes of at least 4 members (excludes halogenated alkanes) is 9. The molecule has 1 aromatic carbocycles. The summed E-state index contributed by atoms with van der Waals surface area (Å²) >= 11 is 0. The van der Waals surface area contributed by atoms with E-state index in [1.807, 2.05) is 6.92 Å². The highest BCUT2D eigenvalue weighted by Crippen LogP contribution is 2.17. The molecule has 0 aliphatic carbocycles. The van der Waals surface area contributed by atoms with Crippen LogP contribution < -0.4 is 20.8 Å². The van der Waals surface area contributed by atoms with Crippen molar-refractivity contribution in [2.24, 2.45) is 0 Å². The summed E-state index contributed by atoms with van der Waals surface area (Å²) in [5.41, 5.74) is 3.73. The minimum Gasteiger partial charge on any atom is -0.494 e. The molecule has 39 heavy (non-hydrogen) atoms. The number of hydrogen-bond donors (Lipinski definition) is 4. The van der Waals surface area contributed by atoms with E-state index in [-0.39, 0.29) is 30.7 Å². The van der Waals surface area contributed by atoms with Gasteiger partial charge in [-0.3, -0.25) is 24.8 Å². The lowest BCUT2D eigenvalue weighted by molar-refractivity contribution is -0.132. The van der Waals surface area contributed by atoms with Gasteiger partial charge in [0.15, 0.2) is 0 Å². The molecule has 0 aliphatic rings. The molecule has 1 atom stereocenters. The van der Waals surface area contributed by atoms with Crippen LogP contribution in [0.2, 0.25) is 0 Å². The summed E-state index contributed by atoms with van der Waals surface area (Å²) in [6.45, 7) is 7.04. The van der Waals surface area contributed by atoms with E-state index in [4.69, 9.17) is 4.74 Å². The van der Waals surface area contributed by atoms with E-state index >= 15 is 0 Å². The van der Waals surface area contributed by atoms with Gasteiger partial charge in [0.25, 0.3) is 5.91 Å². The average Bonchev–Trinajstić information content (AvgIpc) is 2.91. The van der Waals surface area contributed by atoms with Crippen LogP contribution in [0.5, 0.6) is 5.75 Å². The van der Waals surface area contributed by atoms with Crippen LogP contribution in [0.15, 0.2) is 24.3 Å². The Morgan fingerprint density at radius 2 is 1.46 bits per heavy atom. The maximum absolute atomic E-state index is 12.4. The standard InChI is InChI=1S/C30H52N4O5/c1-4-6-7-8-9-10-11-12-13-14-21-31-28(36)16-15-22-39-27-19-17-26(18-20-27)33-34(5-2)30(38)24-32-29(37)23-25(3)35/h17-20,25,33,35H,4-16,21-24H2,1-3H3,(H,31,36)(H,32,37). The van der Waals surface area contributed by atoms with E-state index in [0.717, 1.165) is 13.0 Å². The summed E-state index contributed by atoms with van der Waals surface area (Å²) in [5.74, 6) is 0.0947. The van der Waals surface area contributed by atoms with Crippen molar-refractivity contribution in [3.05, 3.63) is 24.3 Å². The van der Waals surface area contributed by atoms with E-state index in [1.54, 1.807) is 24.3 Å². The monoisotopic (exact) mass is 548 g/mol. The van der Waals surface area contributed by atoms with Crippen LogP contribution in [-0.4, -0.2) is 60.2 Å². The van der Waals surface area contributed by atoms with Crippen molar-refractivity contribution in [3.8, 4) is 5.75 Å². The normalized spacial score (nSPS) is 11.5. The van der Waals surface area contributed by atoms with Crippen molar-refractivity contribution in [1.29, 1.82) is 0 Å². The molecule has 0 fully saturated rings. The molecule has 0 spiro atoms. The maximum atomic E-state index is 12.4. The van der Waals surface area contributed by atoms with Crippen LogP contribution >= 0.6 is 0 Å². The third-order valence-corrected chi connectivity index (χ3v) is 6.32. The van der Waals surface area contributed by atoms with E-state index in [2.05, 4.69) is 23.0 Å². The van der Waals surface area contributed by atoms with Crippen LogP contribution in [0.4, 0.5) is 5.69 Å². The highest BCUT2D eigenvalue weighted by molar-refractivity contribution is 5.85. The third-order valence-electron chi connectivity index (χ3n) is 6.32. The van der Waals surface area contributed by atoms with Crippen LogP contribution in [0, 0.1) is 0 Å². The Kier molecular flexibility index (Phi) is 19.3. The number of hydrogen-bond acceptors (Lipinski definition) is 6. The van der Waals surface area contributed by atoms with Gasteiger partial charge < -0.3 is 20.5 Å². The van der Waals surface area contributed by atoms with Crippen molar-refractivity contribution in [1.82, 2.24) is 15.6 Å². The molecule has 0 heterocycles. The minimum absolute atomic E-state index is 0.0433. The molecule has 0 saturated carbocycles. The second kappa shape index (κ2) is 22.1. The first-order chi connectivity index (χ1) is 18.8. The first-order valence-electron chi connectivity index (χ1n) is 14.9. The van der Waals surface area contributed by atoms with Gasteiger partial charge in [0.05, 0.1) is 31.4 Å². The number of aliphatic hydroxyl groups is 1. The van der Waals surface area contributed by atoms with Gasteiger partial charge in [0, 0.05) is 19.5 Å². The molecule has 222 valence electrons. The van der Waals surface area contributed by atoms with Gasteiger partial charge >= 0.3 is 0 Å². The smallest absolute Gasteiger partial charge is 0.260 e. The van der Waals surface area contributed by atoms with Crippen molar-refractivity contribution >= 4 is 23.4 Å². The number of rotatable bonds is 23. The summed E-state index contributed by atoms with van der Waals surface area (Å²) in [5, 5.41) is 16.2. The van der Waals surface area contributed by atoms with E-state index in [1.165, 1.54) is 69.7 Å². The summed E-state index contributed by atoms with van der Waals surface area (Å²) in [6, 6.07) is 7.21. The fourth-order valence-corrected chi connectivity index (χ4v) is 4.06. The fraction of sp³-hybridized carbons (Fsp3) is 0.700. The van der Waals surface area contributed by atoms with Crippen LogP contribution in [0.3, 0.4) is 0 Å². The second-order valence-electron chi connectivity index (χ2n) is 10.1. The number of amides is 3. The number of likely N-dealkylation sites (N-methyl/N-ethyl adjacent to an activating group) is 1. The van der Waals surface area contributed by atoms with Crippen LogP contribution in [0.25, 0.3) is 0 Å². The van der Waals surface area contributed by atoms with E-state index in [0.29, 0.717) is 37.4 Å². The van der Waals surface area contributed by atoms with Gasteiger partial charge in [-0.25, -0.2) is 0 Å². The predicted octanol–water partition coefficient (Wildman–Crippen LogP) is 4.95. The lowest BCUT2D eigenvalue weighted by Gasteiger charge is -2.23. The number of benzene rings is 1. The lowest BCUT2D eigenvalue weighted by atomic mass is 10.1. The van der Waals surface area contributed by atoms with Gasteiger partial charge in [-0.1, -0.05) is 64.7 Å². The number of nitrogens with one attached hydrogen (secondary N) is 3. The molecule has 0 aliphatic heterocycles. The van der Waals surface area contributed by atoms with Gasteiger partial charge in [-0.2, -0.15) is 0 Å². The van der Waals surface area contributed by atoms with Gasteiger partial charge in [-0.15, -0.1) is 0 Å². The number of hydrazine groups is 1. The van der Waals surface area contributed by atoms with Crippen molar-refractivity contribution < 1.29 is 24.2 Å². The topological polar surface area (TPSA) is 120 Å². The highest BCUT2D eigenvalue weighted by Gasteiger charge is 2.14. The quantitative estimate of drug-likeness (QED) is 0.114. The lowest BCUT2D eigenvalue weighted by Crippen LogP contribution is -2.43. The Morgan fingerprint density at radius 1 is 0.846 bits per heavy atom. The highest BCUT2D eigenvalue weighted by atomic mass is 16.5. The Bertz CT molecular complexity index is 801. The molecule has 1 aromatic rings. The van der Waals surface area contributed by atoms with Gasteiger partial charge in [0.2, 0.25) is 11.8 Å². The van der Waals surface area contributed by atoms with Crippen molar-refractivity contribution in [2.75, 3.05) is 31.7 Å². The average molecular weight is 549 g/mol. The fourth-order valence-electron chi connectivity index (χ4n) is 4.06. The molecule has 9 heteroatoms. The van der Waals surface area contributed by atoms with Gasteiger partial charge in [0.1, 0.15) is 5.75 Å². The van der Waals surface area contributed by atoms with Crippen LogP contribution in [0.1, 0.15) is 104 Å². The van der Waals surface area contributed by atoms with Crippen molar-refractivity contribution in [2.45, 2.75) is 110 Å². The molecule has 4 N–H and O–H groups in total. The third kappa shape index (κ3) is 18.2. The molecule has 1 unspecified atom stereocenters. The molecule has 0 bridgehead atoms. The first-order valence-corrected chi connectivity index (χ1v) is 14.9. The Hall–Kier alpha value is -2.81. The number of ether oxygens (including phenoxy) is 1. The molecule has 0 saturated heterocycles. The Morgan fingerprint density at radius 3 is 2.05 bits per heavy atom. The molecule has 1 rings (SSSR count). The molecule has 0 aromatic heterocycles. The number of aliphatic hydroxyl groups excluding tert-OH is 1. The Balaban J connectivity index is 2.14. The summed E-state index contributed by atoms with van der Waals surface area (Å²) in [6.07, 6.45) is 13.1. The zero-order valence-corrected chi connectivity index (χ0v) is 24.4. The largest absolute Gasteiger partial charge is 0.494 e. The summed E-state index contributed by atoms with van der Waals surface area (Å²) in [4.78, 5) is 36.0. The summed E-state index contributed by atoms with van der Waals surface area (Å²) in [7, 11) is 0. The van der Waals surface area contributed by atoms with Gasteiger partial charge in [-0.05, 0) is 51.0 Å². The number of anilines is 1. The molecule has 3 amide bonds. The maximum Gasteiger partial charge on any atom is 0.260 e. The SMILES string of the molecule is CCCCCCCCCCCCNC(=O)CCCOc1ccc(NN(CC)C(=O)CNC(=O)CC(C)O)cc1. The molecule has 0 radical (unpaired) electrons. The predicted molar refractivity (Wildman–Crippen MR) is 156 cm³/mol. The van der Waals surface area contributed by atoms with Crippen LogP contribution in [-0.2, 0) is 14.4 Å². The Labute approximate surface area is 235 Å². The zero-order chi connectivity index (χ0) is 28.7. The zero-order valence-electron chi connectivity index (χ0n) is 24.4. The first kappa shape index (κ1) is 34.2. The number of nitrogens with zero attached hydrogens (tertiary/aromatic N) is 1. The van der Waals surface area contributed by atoms with E-state index in [9.17, 15) is 19.5 Å². The van der Waals surface area contributed by atoms with E-state index < -0.39 is 6.10 Å². The number of carbonyl (C=O) groups is 3. The van der Waals surface area contributed by atoms with Crippen molar-refractivity contribution in [3.63, 3.8) is 0 Å². The number of carbonyl (C=O) groups excluding carboxylic acids is 3. The molecular formula is C30H52N4O5. The second-order valence-corrected chi connectivity index (χ2v) is 10.1. The molecular weight excluding hydrogens is 496 g/mol. The minimum atomic E-state index is -0.752. The summed E-state index contributed by atoms with van der Waals surface area (Å²) < 4.78 is 5.74.